The molecule has 0 fully saturated rings. The fourth-order valence-corrected chi connectivity index (χ4v) is 8.50. The summed E-state index contributed by atoms with van der Waals surface area (Å²) in [6, 6.07) is 0. The first-order chi connectivity index (χ1) is 30.6. The Bertz CT molecular complexity index is 1060. The third-order valence-electron chi connectivity index (χ3n) is 12.0. The molecule has 0 heterocycles. The molecule has 0 bridgehead atoms. The van der Waals surface area contributed by atoms with E-state index in [-0.39, 0.29) is 25.8 Å². The number of carbonyl (C=O) groups excluding carboxylic acids is 1. The summed E-state index contributed by atoms with van der Waals surface area (Å²) in [5.41, 5.74) is 0. The summed E-state index contributed by atoms with van der Waals surface area (Å²) in [7, 11) is 1.36. The lowest BCUT2D eigenvalue weighted by atomic mass is 10.0. The van der Waals surface area contributed by atoms with Crippen molar-refractivity contribution in [3.05, 3.63) is 24.3 Å². The van der Waals surface area contributed by atoms with Crippen LogP contribution >= 0.6 is 7.82 Å². The highest BCUT2D eigenvalue weighted by molar-refractivity contribution is 7.45. The molecule has 0 aromatic carbocycles. The van der Waals surface area contributed by atoms with Crippen molar-refractivity contribution in [2.24, 2.45) is 0 Å². The summed E-state index contributed by atoms with van der Waals surface area (Å²) in [6.45, 7) is 5.44. The molecule has 0 amide bonds. The van der Waals surface area contributed by atoms with E-state index in [1.54, 1.807) is 0 Å². The van der Waals surface area contributed by atoms with Crippen LogP contribution in [-0.4, -0.2) is 70.7 Å². The standard InChI is InChI=1S/C54H106NO7P/c1-6-8-10-12-14-16-18-20-22-24-25-26-27-28-29-30-31-32-33-35-37-39-41-43-45-47-54(56)62-53(52-61-63(57,58)60-50-48-55(3,4)5)51-59-49-46-44-42-40-38-36-34-23-21-19-17-15-13-11-9-7-2/h21,23-25,53H,6-20,22,26-52H2,1-5H3/b23-21-,25-24-. The molecule has 0 spiro atoms. The maximum atomic E-state index is 12.8. The quantitative estimate of drug-likeness (QED) is 0.0197. The highest BCUT2D eigenvalue weighted by atomic mass is 31.2. The smallest absolute Gasteiger partial charge is 0.306 e. The van der Waals surface area contributed by atoms with Gasteiger partial charge in [0.25, 0.3) is 7.82 Å². The first-order valence-corrected chi connectivity index (χ1v) is 28.5. The van der Waals surface area contributed by atoms with Crippen LogP contribution in [0.4, 0.5) is 0 Å². The zero-order valence-electron chi connectivity index (χ0n) is 42.5. The maximum Gasteiger partial charge on any atom is 0.306 e. The Morgan fingerprint density at radius 1 is 0.476 bits per heavy atom. The lowest BCUT2D eigenvalue weighted by molar-refractivity contribution is -0.870. The molecule has 0 radical (unpaired) electrons. The van der Waals surface area contributed by atoms with Gasteiger partial charge in [-0.1, -0.05) is 212 Å². The molecule has 9 heteroatoms. The zero-order valence-corrected chi connectivity index (χ0v) is 43.4. The van der Waals surface area contributed by atoms with Gasteiger partial charge < -0.3 is 27.9 Å². The van der Waals surface area contributed by atoms with Crippen molar-refractivity contribution in [3.63, 3.8) is 0 Å². The minimum atomic E-state index is -4.53. The van der Waals surface area contributed by atoms with Crippen molar-refractivity contribution in [3.8, 4) is 0 Å². The SMILES string of the molecule is CCCCCCCC/C=C\CCCCCCCCOCC(COP(=O)([O-])OCC[N+](C)(C)C)OC(=O)CCCCCCCCCCCCCCC/C=C\CCCCCCCCCC. The summed E-state index contributed by atoms with van der Waals surface area (Å²) in [5.74, 6) is -0.332. The largest absolute Gasteiger partial charge is 0.756 e. The minimum Gasteiger partial charge on any atom is -0.756 e. The van der Waals surface area contributed by atoms with Crippen molar-refractivity contribution in [2.45, 2.75) is 264 Å². The molecule has 0 aromatic heterocycles. The lowest BCUT2D eigenvalue weighted by Crippen LogP contribution is -2.37. The van der Waals surface area contributed by atoms with Gasteiger partial charge in [-0.05, 0) is 64.2 Å². The van der Waals surface area contributed by atoms with Crippen LogP contribution in [0.25, 0.3) is 0 Å². The van der Waals surface area contributed by atoms with E-state index in [1.807, 2.05) is 21.1 Å². The Morgan fingerprint density at radius 2 is 0.825 bits per heavy atom. The van der Waals surface area contributed by atoms with Crippen LogP contribution in [-0.2, 0) is 27.9 Å². The number of quaternary nitrogens is 1. The van der Waals surface area contributed by atoms with Gasteiger partial charge in [0.05, 0.1) is 34.4 Å². The van der Waals surface area contributed by atoms with Crippen LogP contribution in [0.5, 0.6) is 0 Å². The number of phosphoric acid groups is 1. The van der Waals surface area contributed by atoms with E-state index in [0.29, 0.717) is 24.1 Å². The summed E-state index contributed by atoms with van der Waals surface area (Å²) in [4.78, 5) is 25.2. The summed E-state index contributed by atoms with van der Waals surface area (Å²) in [5, 5.41) is 0. The molecule has 0 saturated carbocycles. The number of phosphoric ester groups is 1. The molecule has 0 N–H and O–H groups in total. The molecule has 0 saturated heterocycles. The Hall–Kier alpha value is -1.02. The van der Waals surface area contributed by atoms with Gasteiger partial charge in [0.2, 0.25) is 0 Å². The van der Waals surface area contributed by atoms with Gasteiger partial charge in [0.15, 0.2) is 0 Å². The van der Waals surface area contributed by atoms with Gasteiger partial charge in [-0.2, -0.15) is 0 Å². The van der Waals surface area contributed by atoms with E-state index in [1.165, 1.54) is 205 Å². The number of hydrogen-bond acceptors (Lipinski definition) is 7. The van der Waals surface area contributed by atoms with Crippen molar-refractivity contribution in [1.29, 1.82) is 0 Å². The topological polar surface area (TPSA) is 94.1 Å². The van der Waals surface area contributed by atoms with Crippen LogP contribution < -0.4 is 4.89 Å². The van der Waals surface area contributed by atoms with E-state index < -0.39 is 13.9 Å². The first-order valence-electron chi connectivity index (χ1n) is 27.1. The van der Waals surface area contributed by atoms with Crippen molar-refractivity contribution >= 4 is 13.8 Å². The maximum absolute atomic E-state index is 12.8. The molecular weight excluding hydrogens is 806 g/mol. The average Bonchev–Trinajstić information content (AvgIpc) is 3.24. The van der Waals surface area contributed by atoms with Crippen LogP contribution in [0.2, 0.25) is 0 Å². The molecule has 2 unspecified atom stereocenters. The van der Waals surface area contributed by atoms with E-state index in [9.17, 15) is 14.3 Å². The summed E-state index contributed by atoms with van der Waals surface area (Å²) in [6.07, 6.45) is 56.4. The number of esters is 1. The van der Waals surface area contributed by atoms with Gasteiger partial charge in [-0.15, -0.1) is 0 Å². The predicted octanol–water partition coefficient (Wildman–Crippen LogP) is 16.1. The molecule has 0 aromatic rings. The average molecular weight is 912 g/mol. The highest BCUT2D eigenvalue weighted by Crippen LogP contribution is 2.38. The molecule has 0 aliphatic heterocycles. The number of unbranched alkanes of at least 4 members (excludes halogenated alkanes) is 33. The van der Waals surface area contributed by atoms with Crippen LogP contribution in [0.1, 0.15) is 258 Å². The third kappa shape index (κ3) is 51.8. The number of carbonyl (C=O) groups is 1. The molecule has 0 rings (SSSR count). The Kier molecular flexibility index (Phi) is 46.7. The second-order valence-electron chi connectivity index (χ2n) is 19.6. The number of ether oxygens (including phenoxy) is 2. The Morgan fingerprint density at radius 3 is 1.21 bits per heavy atom. The summed E-state index contributed by atoms with van der Waals surface area (Å²) >= 11 is 0. The normalized spacial score (nSPS) is 13.7. The predicted molar refractivity (Wildman–Crippen MR) is 268 cm³/mol. The van der Waals surface area contributed by atoms with Crippen molar-refractivity contribution < 1.29 is 37.3 Å². The molecule has 8 nitrogen and oxygen atoms in total. The second kappa shape index (κ2) is 47.5. The number of nitrogens with zero attached hydrogens (tertiary/aromatic N) is 1. The fourth-order valence-electron chi connectivity index (χ4n) is 7.77. The molecule has 2 atom stereocenters. The van der Waals surface area contributed by atoms with E-state index in [2.05, 4.69) is 38.2 Å². The number of rotatable bonds is 51. The number of allylic oxidation sites excluding steroid dienone is 4. The van der Waals surface area contributed by atoms with Gasteiger partial charge in [0, 0.05) is 13.0 Å². The lowest BCUT2D eigenvalue weighted by Gasteiger charge is -2.28. The summed E-state index contributed by atoms with van der Waals surface area (Å²) < 4.78 is 34.8. The van der Waals surface area contributed by atoms with Crippen molar-refractivity contribution in [1.82, 2.24) is 0 Å². The fraction of sp³-hybridized carbons (Fsp3) is 0.907. The molecule has 374 valence electrons. The van der Waals surface area contributed by atoms with Crippen LogP contribution in [0, 0.1) is 0 Å². The first kappa shape index (κ1) is 62.0. The van der Waals surface area contributed by atoms with Crippen LogP contribution in [0.15, 0.2) is 24.3 Å². The van der Waals surface area contributed by atoms with Crippen molar-refractivity contribution in [2.75, 3.05) is 54.1 Å². The second-order valence-corrected chi connectivity index (χ2v) is 21.0. The highest BCUT2D eigenvalue weighted by Gasteiger charge is 2.20. The van der Waals surface area contributed by atoms with E-state index >= 15 is 0 Å². The zero-order chi connectivity index (χ0) is 46.2. The van der Waals surface area contributed by atoms with Crippen LogP contribution in [0.3, 0.4) is 0 Å². The monoisotopic (exact) mass is 912 g/mol. The number of likely N-dealkylation sites (N-methyl/N-ethyl adjacent to an activating group) is 1. The van der Waals surface area contributed by atoms with Gasteiger partial charge >= 0.3 is 5.97 Å². The van der Waals surface area contributed by atoms with E-state index in [4.69, 9.17) is 18.5 Å². The third-order valence-corrected chi connectivity index (χ3v) is 12.9. The minimum absolute atomic E-state index is 0.0269. The molecule has 0 aliphatic carbocycles. The van der Waals surface area contributed by atoms with Gasteiger partial charge in [0.1, 0.15) is 19.3 Å². The molecule has 63 heavy (non-hydrogen) atoms. The molecule has 0 aliphatic rings. The molecular formula is C54H106NO7P. The number of hydrogen-bond donors (Lipinski definition) is 0. The van der Waals surface area contributed by atoms with Gasteiger partial charge in [-0.25, -0.2) is 0 Å². The van der Waals surface area contributed by atoms with E-state index in [0.717, 1.165) is 32.1 Å². The van der Waals surface area contributed by atoms with Gasteiger partial charge in [-0.3, -0.25) is 9.36 Å². The Labute approximate surface area is 392 Å². The Balaban J connectivity index is 4.06.